The van der Waals surface area contributed by atoms with Gasteiger partial charge in [0.05, 0.1) is 4.92 Å². The van der Waals surface area contributed by atoms with E-state index in [2.05, 4.69) is 5.92 Å². The van der Waals surface area contributed by atoms with Crippen molar-refractivity contribution in [3.05, 3.63) is 32.8 Å². The van der Waals surface area contributed by atoms with Gasteiger partial charge in [-0.05, 0) is 18.6 Å². The maximum absolute atomic E-state index is 11.9. The number of aryl methyl sites for hydroxylation is 1. The molecule has 0 aliphatic carbocycles. The van der Waals surface area contributed by atoms with E-state index in [0.717, 1.165) is 0 Å². The maximum atomic E-state index is 11.9. The van der Waals surface area contributed by atoms with E-state index >= 15 is 0 Å². The van der Waals surface area contributed by atoms with Crippen molar-refractivity contribution in [2.45, 2.75) is 13.3 Å². The summed E-state index contributed by atoms with van der Waals surface area (Å²) in [5.74, 6) is 2.34. The summed E-state index contributed by atoms with van der Waals surface area (Å²) in [4.78, 5) is 23.7. The van der Waals surface area contributed by atoms with E-state index in [-0.39, 0.29) is 22.5 Å². The van der Waals surface area contributed by atoms with Gasteiger partial charge in [0.15, 0.2) is 0 Å². The zero-order chi connectivity index (χ0) is 14.2. The lowest BCUT2D eigenvalue weighted by Gasteiger charge is -2.18. The van der Waals surface area contributed by atoms with Crippen molar-refractivity contribution >= 4 is 28.9 Å². The minimum Gasteiger partial charge on any atom is -0.311 e. The Bertz CT molecular complexity index is 607. The van der Waals surface area contributed by atoms with Gasteiger partial charge in [-0.2, -0.15) is 0 Å². The van der Waals surface area contributed by atoms with Crippen LogP contribution >= 0.6 is 11.6 Å². The molecular weight excluding hydrogens is 268 g/mol. The molecule has 1 heterocycles. The normalized spacial score (nSPS) is 18.5. The molecule has 98 valence electrons. The molecule has 1 fully saturated rings. The van der Waals surface area contributed by atoms with Gasteiger partial charge < -0.3 is 4.90 Å². The average Bonchev–Trinajstić information content (AvgIpc) is 2.72. The van der Waals surface area contributed by atoms with Crippen molar-refractivity contribution in [2.75, 3.05) is 11.4 Å². The van der Waals surface area contributed by atoms with Crippen molar-refractivity contribution in [1.29, 1.82) is 0 Å². The standard InChI is InChI=1S/C13H11ClN2O3/c1-3-9-5-13(17)15(7-9)11-6-10(14)12(16(18)19)4-8(11)2/h1,4,6,9H,5,7H2,2H3. The quantitative estimate of drug-likeness (QED) is 0.474. The zero-order valence-corrected chi connectivity index (χ0v) is 11.0. The van der Waals surface area contributed by atoms with Gasteiger partial charge >= 0.3 is 0 Å². The molecule has 0 saturated carbocycles. The Balaban J connectivity index is 2.42. The van der Waals surface area contributed by atoms with E-state index in [1.165, 1.54) is 17.0 Å². The Morgan fingerprint density at radius 1 is 1.58 bits per heavy atom. The molecule has 1 aromatic rings. The average molecular weight is 279 g/mol. The molecule has 1 aliphatic heterocycles. The number of hydrogen-bond donors (Lipinski definition) is 0. The van der Waals surface area contributed by atoms with Crippen LogP contribution in [-0.2, 0) is 4.79 Å². The van der Waals surface area contributed by atoms with Crippen molar-refractivity contribution in [1.82, 2.24) is 0 Å². The van der Waals surface area contributed by atoms with Crippen LogP contribution in [0.1, 0.15) is 12.0 Å². The lowest BCUT2D eigenvalue weighted by Crippen LogP contribution is -2.25. The first-order chi connectivity index (χ1) is 8.93. The van der Waals surface area contributed by atoms with E-state index in [1.807, 2.05) is 0 Å². The number of carbonyl (C=O) groups is 1. The summed E-state index contributed by atoms with van der Waals surface area (Å²) in [5, 5.41) is 10.8. The molecule has 5 nitrogen and oxygen atoms in total. The molecule has 0 radical (unpaired) electrons. The summed E-state index contributed by atoms with van der Waals surface area (Å²) in [6.07, 6.45) is 5.62. The maximum Gasteiger partial charge on any atom is 0.288 e. The van der Waals surface area contributed by atoms with Gasteiger partial charge in [0.2, 0.25) is 5.91 Å². The molecule has 1 aromatic carbocycles. The fourth-order valence-corrected chi connectivity index (χ4v) is 2.37. The van der Waals surface area contributed by atoms with Gasteiger partial charge in [0, 0.05) is 30.6 Å². The van der Waals surface area contributed by atoms with Gasteiger partial charge in [-0.25, -0.2) is 0 Å². The van der Waals surface area contributed by atoms with Crippen LogP contribution in [0.3, 0.4) is 0 Å². The lowest BCUT2D eigenvalue weighted by molar-refractivity contribution is -0.384. The molecule has 1 aliphatic rings. The van der Waals surface area contributed by atoms with Gasteiger partial charge in [-0.1, -0.05) is 11.6 Å². The molecular formula is C13H11ClN2O3. The van der Waals surface area contributed by atoms with E-state index in [0.29, 0.717) is 24.2 Å². The number of terminal acetylenes is 1. The number of halogens is 1. The first-order valence-electron chi connectivity index (χ1n) is 5.65. The number of anilines is 1. The molecule has 2 rings (SSSR count). The van der Waals surface area contributed by atoms with Gasteiger partial charge in [0.25, 0.3) is 5.69 Å². The van der Waals surface area contributed by atoms with Gasteiger partial charge in [-0.3, -0.25) is 14.9 Å². The van der Waals surface area contributed by atoms with Crippen molar-refractivity contribution < 1.29 is 9.72 Å². The molecule has 0 aromatic heterocycles. The zero-order valence-electron chi connectivity index (χ0n) is 10.2. The molecule has 6 heteroatoms. The second-order valence-corrected chi connectivity index (χ2v) is 4.83. The Kier molecular flexibility index (Phi) is 3.45. The van der Waals surface area contributed by atoms with Crippen LogP contribution < -0.4 is 4.90 Å². The van der Waals surface area contributed by atoms with Crippen LogP contribution in [0.15, 0.2) is 12.1 Å². The number of nitro benzene ring substituents is 1. The molecule has 19 heavy (non-hydrogen) atoms. The summed E-state index contributed by atoms with van der Waals surface area (Å²) < 4.78 is 0. The number of rotatable bonds is 2. The summed E-state index contributed by atoms with van der Waals surface area (Å²) in [7, 11) is 0. The molecule has 1 atom stereocenters. The lowest BCUT2D eigenvalue weighted by atomic mass is 10.1. The summed E-state index contributed by atoms with van der Waals surface area (Å²) in [6, 6.07) is 2.82. The largest absolute Gasteiger partial charge is 0.311 e. The summed E-state index contributed by atoms with van der Waals surface area (Å²) >= 11 is 5.87. The number of hydrogen-bond acceptors (Lipinski definition) is 3. The first-order valence-corrected chi connectivity index (χ1v) is 6.03. The topological polar surface area (TPSA) is 63.5 Å². The summed E-state index contributed by atoms with van der Waals surface area (Å²) in [5.41, 5.74) is 1.04. The minimum absolute atomic E-state index is 0.0163. The number of nitrogens with zero attached hydrogens (tertiary/aromatic N) is 2. The van der Waals surface area contributed by atoms with Crippen LogP contribution in [0.2, 0.25) is 5.02 Å². The highest BCUT2D eigenvalue weighted by molar-refractivity contribution is 6.33. The molecule has 0 bridgehead atoms. The van der Waals surface area contributed by atoms with E-state index in [4.69, 9.17) is 18.0 Å². The SMILES string of the molecule is C#CC1CC(=O)N(c2cc(Cl)c([N+](=O)[O-])cc2C)C1. The molecule has 1 saturated heterocycles. The Labute approximate surface area is 115 Å². The smallest absolute Gasteiger partial charge is 0.288 e. The molecule has 0 N–H and O–H groups in total. The predicted molar refractivity (Wildman–Crippen MR) is 72.1 cm³/mol. The predicted octanol–water partition coefficient (Wildman–Crippen LogP) is 2.54. The van der Waals surface area contributed by atoms with Crippen molar-refractivity contribution in [3.63, 3.8) is 0 Å². The molecule has 1 unspecified atom stereocenters. The second kappa shape index (κ2) is 4.90. The fraction of sp³-hybridized carbons (Fsp3) is 0.308. The number of amides is 1. The van der Waals surface area contributed by atoms with Crippen LogP contribution in [0.4, 0.5) is 11.4 Å². The van der Waals surface area contributed by atoms with Gasteiger partial charge in [-0.15, -0.1) is 12.3 Å². The number of benzene rings is 1. The van der Waals surface area contributed by atoms with Gasteiger partial charge in [0.1, 0.15) is 5.02 Å². The highest BCUT2D eigenvalue weighted by Crippen LogP contribution is 2.35. The third-order valence-corrected chi connectivity index (χ3v) is 3.42. The van der Waals surface area contributed by atoms with Crippen LogP contribution in [0, 0.1) is 35.3 Å². The number of carbonyl (C=O) groups excluding carboxylic acids is 1. The number of nitro groups is 1. The van der Waals surface area contributed by atoms with E-state index < -0.39 is 4.92 Å². The minimum atomic E-state index is -0.546. The Morgan fingerprint density at radius 2 is 2.26 bits per heavy atom. The first kappa shape index (κ1) is 13.4. The van der Waals surface area contributed by atoms with E-state index in [1.54, 1.807) is 6.92 Å². The van der Waals surface area contributed by atoms with Crippen LogP contribution in [-0.4, -0.2) is 17.4 Å². The molecule has 0 spiro atoms. The van der Waals surface area contributed by atoms with E-state index in [9.17, 15) is 14.9 Å². The second-order valence-electron chi connectivity index (χ2n) is 4.42. The fourth-order valence-electron chi connectivity index (χ4n) is 2.14. The third kappa shape index (κ3) is 2.40. The highest BCUT2D eigenvalue weighted by atomic mass is 35.5. The molecule has 1 amide bonds. The Morgan fingerprint density at radius 3 is 2.79 bits per heavy atom. The van der Waals surface area contributed by atoms with Crippen LogP contribution in [0.25, 0.3) is 0 Å². The van der Waals surface area contributed by atoms with Crippen LogP contribution in [0.5, 0.6) is 0 Å². The van der Waals surface area contributed by atoms with Crippen molar-refractivity contribution in [3.8, 4) is 12.3 Å². The highest BCUT2D eigenvalue weighted by Gasteiger charge is 2.31. The Hall–Kier alpha value is -2.06. The monoisotopic (exact) mass is 278 g/mol. The third-order valence-electron chi connectivity index (χ3n) is 3.11. The van der Waals surface area contributed by atoms with Crippen molar-refractivity contribution in [2.24, 2.45) is 5.92 Å². The summed E-state index contributed by atoms with van der Waals surface area (Å²) in [6.45, 7) is 2.12.